The van der Waals surface area contributed by atoms with Crippen LogP contribution in [0.1, 0.15) is 38.5 Å². The van der Waals surface area contributed by atoms with Gasteiger partial charge in [0.15, 0.2) is 16.6 Å². The van der Waals surface area contributed by atoms with Crippen LogP contribution < -0.4 is 10.6 Å². The van der Waals surface area contributed by atoms with Gasteiger partial charge >= 0.3 is 0 Å². The molecule has 0 saturated carbocycles. The maximum atomic E-state index is 12.3. The van der Waals surface area contributed by atoms with Crippen LogP contribution in [-0.2, 0) is 6.42 Å². The number of benzene rings is 3. The van der Waals surface area contributed by atoms with E-state index in [1.54, 1.807) is 6.07 Å². The van der Waals surface area contributed by atoms with Gasteiger partial charge in [0.1, 0.15) is 5.52 Å². The number of anilines is 1. The van der Waals surface area contributed by atoms with Crippen LogP contribution in [0.4, 0.5) is 5.69 Å². The standard InChI is InChI=1S/C25H23N3O2S/c1-15-5-4-6-19(11-15)24(29)28-25(31)26-20-9-7-18(8-10-20)14-23-27-21-12-16(2)17(3)13-22(21)30-23/h4-13H,14H2,1-3H3,(H2,26,28,29,31). The number of thiocarbonyl (C=S) groups is 1. The highest BCUT2D eigenvalue weighted by molar-refractivity contribution is 7.80. The maximum absolute atomic E-state index is 12.3. The number of rotatable bonds is 4. The predicted octanol–water partition coefficient (Wildman–Crippen LogP) is 5.47. The molecular formula is C25H23N3O2S. The number of hydrogen-bond donors (Lipinski definition) is 2. The van der Waals surface area contributed by atoms with Crippen LogP contribution in [0.25, 0.3) is 11.1 Å². The molecule has 156 valence electrons. The van der Waals surface area contributed by atoms with Crippen molar-refractivity contribution >= 4 is 40.0 Å². The molecule has 4 rings (SSSR count). The average Bonchev–Trinajstić information content (AvgIpc) is 3.10. The first kappa shape index (κ1) is 20.8. The zero-order valence-corrected chi connectivity index (χ0v) is 18.5. The molecule has 4 aromatic rings. The molecule has 0 aliphatic carbocycles. The summed E-state index contributed by atoms with van der Waals surface area (Å²) >= 11 is 5.27. The Balaban J connectivity index is 1.38. The first-order valence-electron chi connectivity index (χ1n) is 10.0. The lowest BCUT2D eigenvalue weighted by Gasteiger charge is -2.10. The predicted molar refractivity (Wildman–Crippen MR) is 128 cm³/mol. The fourth-order valence-electron chi connectivity index (χ4n) is 3.31. The molecule has 5 nitrogen and oxygen atoms in total. The Labute approximate surface area is 186 Å². The van der Waals surface area contributed by atoms with E-state index in [1.165, 1.54) is 11.1 Å². The van der Waals surface area contributed by atoms with E-state index >= 15 is 0 Å². The summed E-state index contributed by atoms with van der Waals surface area (Å²) in [6.07, 6.45) is 0.599. The minimum atomic E-state index is -0.237. The molecule has 2 N–H and O–H groups in total. The molecule has 0 unspecified atom stereocenters. The quantitative estimate of drug-likeness (QED) is 0.421. The summed E-state index contributed by atoms with van der Waals surface area (Å²) in [5.41, 5.74) is 7.54. The van der Waals surface area contributed by atoms with E-state index in [0.717, 1.165) is 27.9 Å². The van der Waals surface area contributed by atoms with Crippen LogP contribution in [0.3, 0.4) is 0 Å². The molecule has 0 saturated heterocycles. The zero-order chi connectivity index (χ0) is 22.0. The van der Waals surface area contributed by atoms with Gasteiger partial charge in [-0.2, -0.15) is 0 Å². The van der Waals surface area contributed by atoms with Crippen molar-refractivity contribution in [3.05, 3.63) is 94.4 Å². The van der Waals surface area contributed by atoms with Gasteiger partial charge in [-0.05, 0) is 86.1 Å². The normalized spacial score (nSPS) is 10.8. The van der Waals surface area contributed by atoms with Gasteiger partial charge in [0.25, 0.3) is 5.91 Å². The number of aromatic nitrogens is 1. The van der Waals surface area contributed by atoms with E-state index in [4.69, 9.17) is 16.6 Å². The first-order valence-corrected chi connectivity index (χ1v) is 10.4. The van der Waals surface area contributed by atoms with Gasteiger partial charge in [-0.3, -0.25) is 10.1 Å². The van der Waals surface area contributed by atoms with Crippen LogP contribution in [0.15, 0.2) is 65.1 Å². The Bertz CT molecular complexity index is 1240. The van der Waals surface area contributed by atoms with Crippen molar-refractivity contribution in [2.45, 2.75) is 27.2 Å². The average molecular weight is 430 g/mol. The third kappa shape index (κ3) is 4.98. The number of hydrogen-bond acceptors (Lipinski definition) is 4. The number of amides is 1. The van der Waals surface area contributed by atoms with Crippen LogP contribution in [-0.4, -0.2) is 16.0 Å². The van der Waals surface area contributed by atoms with Crippen molar-refractivity contribution in [3.63, 3.8) is 0 Å². The number of carbonyl (C=O) groups excluding carboxylic acids is 1. The maximum Gasteiger partial charge on any atom is 0.257 e. The molecule has 31 heavy (non-hydrogen) atoms. The van der Waals surface area contributed by atoms with Crippen LogP contribution in [0.5, 0.6) is 0 Å². The van der Waals surface area contributed by atoms with Gasteiger partial charge in [0.05, 0.1) is 0 Å². The highest BCUT2D eigenvalue weighted by Gasteiger charge is 2.10. The molecule has 0 aliphatic rings. The highest BCUT2D eigenvalue weighted by Crippen LogP contribution is 2.22. The number of aryl methyl sites for hydroxylation is 3. The summed E-state index contributed by atoms with van der Waals surface area (Å²) in [6, 6.07) is 19.2. The number of nitrogens with zero attached hydrogens (tertiary/aromatic N) is 1. The van der Waals surface area contributed by atoms with Crippen LogP contribution in [0, 0.1) is 20.8 Å². The van der Waals surface area contributed by atoms with Crippen molar-refractivity contribution in [3.8, 4) is 0 Å². The zero-order valence-electron chi connectivity index (χ0n) is 17.7. The van der Waals surface area contributed by atoms with E-state index < -0.39 is 0 Å². The third-order valence-corrected chi connectivity index (χ3v) is 5.33. The summed E-state index contributed by atoms with van der Waals surface area (Å²) in [6.45, 7) is 6.08. The summed E-state index contributed by atoms with van der Waals surface area (Å²) in [5.74, 6) is 0.445. The smallest absolute Gasteiger partial charge is 0.257 e. The fourth-order valence-corrected chi connectivity index (χ4v) is 3.52. The Hall–Kier alpha value is -3.51. The molecular weight excluding hydrogens is 406 g/mol. The third-order valence-electron chi connectivity index (χ3n) is 5.12. The topological polar surface area (TPSA) is 67.2 Å². The van der Waals surface area contributed by atoms with E-state index in [2.05, 4.69) is 35.5 Å². The second-order valence-electron chi connectivity index (χ2n) is 7.66. The summed E-state index contributed by atoms with van der Waals surface area (Å²) in [5, 5.41) is 6.00. The lowest BCUT2D eigenvalue weighted by atomic mass is 10.1. The highest BCUT2D eigenvalue weighted by atomic mass is 32.1. The van der Waals surface area contributed by atoms with E-state index in [0.29, 0.717) is 17.9 Å². The Morgan fingerprint density at radius 1 is 1.00 bits per heavy atom. The number of carbonyl (C=O) groups is 1. The van der Waals surface area contributed by atoms with Crippen molar-refractivity contribution < 1.29 is 9.21 Å². The molecule has 0 bridgehead atoms. The van der Waals surface area contributed by atoms with Gasteiger partial charge in [-0.1, -0.05) is 29.8 Å². The number of oxazole rings is 1. The van der Waals surface area contributed by atoms with Crippen LogP contribution >= 0.6 is 12.2 Å². The largest absolute Gasteiger partial charge is 0.440 e. The molecule has 0 fully saturated rings. The Morgan fingerprint density at radius 2 is 1.74 bits per heavy atom. The lowest BCUT2D eigenvalue weighted by molar-refractivity contribution is 0.0977. The second kappa shape index (κ2) is 8.70. The Kier molecular flexibility index (Phi) is 5.82. The summed E-state index contributed by atoms with van der Waals surface area (Å²) in [4.78, 5) is 16.9. The van der Waals surface area contributed by atoms with Gasteiger partial charge in [-0.15, -0.1) is 0 Å². The van der Waals surface area contributed by atoms with E-state index in [1.807, 2.05) is 55.5 Å². The summed E-state index contributed by atoms with van der Waals surface area (Å²) in [7, 11) is 0. The van der Waals surface area contributed by atoms with Crippen molar-refractivity contribution in [1.29, 1.82) is 0 Å². The van der Waals surface area contributed by atoms with Crippen molar-refractivity contribution in [1.82, 2.24) is 10.3 Å². The lowest BCUT2D eigenvalue weighted by Crippen LogP contribution is -2.34. The number of fused-ring (bicyclic) bond motifs is 1. The molecule has 0 aliphatic heterocycles. The molecule has 1 amide bonds. The molecule has 0 radical (unpaired) electrons. The van der Waals surface area contributed by atoms with Crippen LogP contribution in [0.2, 0.25) is 0 Å². The molecule has 6 heteroatoms. The molecule has 0 atom stereocenters. The van der Waals surface area contributed by atoms with Gasteiger partial charge in [-0.25, -0.2) is 4.98 Å². The van der Waals surface area contributed by atoms with Gasteiger partial charge in [0.2, 0.25) is 0 Å². The molecule has 0 spiro atoms. The minimum absolute atomic E-state index is 0.237. The van der Waals surface area contributed by atoms with Crippen molar-refractivity contribution in [2.75, 3.05) is 5.32 Å². The van der Waals surface area contributed by atoms with Crippen molar-refractivity contribution in [2.24, 2.45) is 0 Å². The van der Waals surface area contributed by atoms with E-state index in [9.17, 15) is 4.79 Å². The first-order chi connectivity index (χ1) is 14.9. The summed E-state index contributed by atoms with van der Waals surface area (Å²) < 4.78 is 5.90. The molecule has 1 heterocycles. The van der Waals surface area contributed by atoms with Gasteiger partial charge in [0, 0.05) is 17.7 Å². The fraction of sp³-hybridized carbons (Fsp3) is 0.160. The minimum Gasteiger partial charge on any atom is -0.440 e. The van der Waals surface area contributed by atoms with E-state index in [-0.39, 0.29) is 11.0 Å². The second-order valence-corrected chi connectivity index (χ2v) is 8.07. The number of nitrogens with one attached hydrogen (secondary N) is 2. The molecule has 1 aromatic heterocycles. The van der Waals surface area contributed by atoms with Gasteiger partial charge < -0.3 is 9.73 Å². The monoisotopic (exact) mass is 429 g/mol. The molecule has 3 aromatic carbocycles. The Morgan fingerprint density at radius 3 is 2.48 bits per heavy atom. The SMILES string of the molecule is Cc1cccc(C(=O)NC(=S)Nc2ccc(Cc3nc4cc(C)c(C)cc4o3)cc2)c1.